The number of hydrogen-bond donors (Lipinski definition) is 1. The fraction of sp³-hybridized carbons (Fsp3) is 0.538. The first kappa shape index (κ1) is 10.6. The molecule has 1 aromatic carbocycles. The summed E-state index contributed by atoms with van der Waals surface area (Å²) < 4.78 is 1.17. The van der Waals surface area contributed by atoms with Gasteiger partial charge in [-0.3, -0.25) is 0 Å². The van der Waals surface area contributed by atoms with Gasteiger partial charge in [0, 0.05) is 28.3 Å². The summed E-state index contributed by atoms with van der Waals surface area (Å²) >= 11 is 3.55. The van der Waals surface area contributed by atoms with E-state index in [1.54, 1.807) is 0 Å². The van der Waals surface area contributed by atoms with E-state index in [9.17, 15) is 0 Å². The van der Waals surface area contributed by atoms with Crippen molar-refractivity contribution in [2.45, 2.75) is 43.8 Å². The quantitative estimate of drug-likeness (QED) is 0.857. The molecule has 3 rings (SSSR count). The molecule has 0 aliphatic carbocycles. The standard InChI is InChI=1S/C13H17BrN2/c14-9-2-1-3-11(6-9)16-12-4-5-13(16)8-10(15)7-12/h1-3,6,10,12-13H,4-5,7-8,15H2. The van der Waals surface area contributed by atoms with E-state index in [0.29, 0.717) is 18.1 Å². The van der Waals surface area contributed by atoms with Gasteiger partial charge in [-0.2, -0.15) is 0 Å². The first-order chi connectivity index (χ1) is 7.74. The molecule has 2 saturated heterocycles. The summed E-state index contributed by atoms with van der Waals surface area (Å²) in [5, 5.41) is 0. The van der Waals surface area contributed by atoms with E-state index in [-0.39, 0.29) is 0 Å². The maximum atomic E-state index is 6.09. The number of anilines is 1. The van der Waals surface area contributed by atoms with Gasteiger partial charge in [0.25, 0.3) is 0 Å². The smallest absolute Gasteiger partial charge is 0.0382 e. The molecule has 16 heavy (non-hydrogen) atoms. The van der Waals surface area contributed by atoms with Crippen molar-refractivity contribution in [2.75, 3.05) is 4.90 Å². The zero-order valence-electron chi connectivity index (χ0n) is 9.27. The first-order valence-electron chi connectivity index (χ1n) is 6.03. The Labute approximate surface area is 105 Å². The number of nitrogens with zero attached hydrogens (tertiary/aromatic N) is 1. The Balaban J connectivity index is 1.91. The van der Waals surface area contributed by atoms with Gasteiger partial charge in [0.1, 0.15) is 0 Å². The molecule has 0 amide bonds. The number of rotatable bonds is 1. The zero-order valence-corrected chi connectivity index (χ0v) is 10.9. The monoisotopic (exact) mass is 280 g/mol. The second-order valence-electron chi connectivity index (χ2n) is 5.00. The van der Waals surface area contributed by atoms with Crippen LogP contribution < -0.4 is 10.6 Å². The van der Waals surface area contributed by atoms with Crippen molar-refractivity contribution in [3.05, 3.63) is 28.7 Å². The summed E-state index contributed by atoms with van der Waals surface area (Å²) in [5.41, 5.74) is 7.45. The van der Waals surface area contributed by atoms with E-state index in [1.807, 2.05) is 0 Å². The van der Waals surface area contributed by atoms with Gasteiger partial charge in [0.2, 0.25) is 0 Å². The number of fused-ring (bicyclic) bond motifs is 2. The topological polar surface area (TPSA) is 29.3 Å². The normalized spacial score (nSPS) is 33.1. The van der Waals surface area contributed by atoms with Gasteiger partial charge in [-0.15, -0.1) is 0 Å². The Morgan fingerprint density at radius 1 is 1.19 bits per heavy atom. The minimum Gasteiger partial charge on any atom is -0.365 e. The summed E-state index contributed by atoms with van der Waals surface area (Å²) in [5.74, 6) is 0. The highest BCUT2D eigenvalue weighted by molar-refractivity contribution is 9.10. The highest BCUT2D eigenvalue weighted by Gasteiger charge is 2.39. The molecule has 2 aliphatic heterocycles. The number of hydrogen-bond acceptors (Lipinski definition) is 2. The average Bonchev–Trinajstić information content (AvgIpc) is 2.51. The van der Waals surface area contributed by atoms with Crippen LogP contribution in [0.3, 0.4) is 0 Å². The molecule has 3 heteroatoms. The van der Waals surface area contributed by atoms with Crippen molar-refractivity contribution in [3.63, 3.8) is 0 Å². The third-order valence-corrected chi connectivity index (χ3v) is 4.37. The van der Waals surface area contributed by atoms with E-state index in [2.05, 4.69) is 45.1 Å². The average molecular weight is 281 g/mol. The van der Waals surface area contributed by atoms with Crippen LogP contribution >= 0.6 is 15.9 Å². The van der Waals surface area contributed by atoms with Crippen LogP contribution in [-0.4, -0.2) is 18.1 Å². The zero-order chi connectivity index (χ0) is 11.1. The Morgan fingerprint density at radius 3 is 2.50 bits per heavy atom. The van der Waals surface area contributed by atoms with Crippen LogP contribution in [0.1, 0.15) is 25.7 Å². The minimum absolute atomic E-state index is 0.418. The second kappa shape index (κ2) is 4.04. The predicted molar refractivity (Wildman–Crippen MR) is 70.6 cm³/mol. The molecule has 1 aromatic rings. The van der Waals surface area contributed by atoms with Gasteiger partial charge >= 0.3 is 0 Å². The fourth-order valence-electron chi connectivity index (χ4n) is 3.28. The van der Waals surface area contributed by atoms with Crippen molar-refractivity contribution >= 4 is 21.6 Å². The van der Waals surface area contributed by atoms with E-state index < -0.39 is 0 Å². The number of benzene rings is 1. The van der Waals surface area contributed by atoms with Crippen molar-refractivity contribution in [1.82, 2.24) is 0 Å². The lowest BCUT2D eigenvalue weighted by Crippen LogP contribution is -2.47. The Morgan fingerprint density at radius 2 is 1.88 bits per heavy atom. The molecule has 2 atom stereocenters. The fourth-order valence-corrected chi connectivity index (χ4v) is 3.66. The van der Waals surface area contributed by atoms with Crippen molar-refractivity contribution < 1.29 is 0 Å². The van der Waals surface area contributed by atoms with E-state index in [4.69, 9.17) is 5.73 Å². The van der Waals surface area contributed by atoms with Gasteiger partial charge in [-0.1, -0.05) is 22.0 Å². The van der Waals surface area contributed by atoms with Crippen molar-refractivity contribution in [3.8, 4) is 0 Å². The summed E-state index contributed by atoms with van der Waals surface area (Å²) in [6, 6.07) is 10.4. The number of piperidine rings is 1. The van der Waals surface area contributed by atoms with Crippen LogP contribution in [0.15, 0.2) is 28.7 Å². The predicted octanol–water partition coefficient (Wildman–Crippen LogP) is 2.91. The lowest BCUT2D eigenvalue weighted by molar-refractivity contribution is 0.414. The summed E-state index contributed by atoms with van der Waals surface area (Å²) in [6.45, 7) is 0. The molecular formula is C13H17BrN2. The van der Waals surface area contributed by atoms with Crippen LogP contribution in [0.5, 0.6) is 0 Å². The number of halogens is 1. The third-order valence-electron chi connectivity index (χ3n) is 3.88. The van der Waals surface area contributed by atoms with Gasteiger partial charge in [0.05, 0.1) is 0 Å². The molecule has 0 aromatic heterocycles. The van der Waals surface area contributed by atoms with Crippen LogP contribution in [0, 0.1) is 0 Å². The summed E-state index contributed by atoms with van der Waals surface area (Å²) in [6.07, 6.45) is 4.93. The third kappa shape index (κ3) is 1.76. The molecule has 2 unspecified atom stereocenters. The summed E-state index contributed by atoms with van der Waals surface area (Å²) in [4.78, 5) is 2.59. The van der Waals surface area contributed by atoms with Crippen molar-refractivity contribution in [1.29, 1.82) is 0 Å². The van der Waals surface area contributed by atoms with Crippen LogP contribution in [0.2, 0.25) is 0 Å². The Kier molecular flexibility index (Phi) is 2.68. The summed E-state index contributed by atoms with van der Waals surface area (Å²) in [7, 11) is 0. The van der Waals surface area contributed by atoms with Gasteiger partial charge < -0.3 is 10.6 Å². The molecular weight excluding hydrogens is 264 g/mol. The number of nitrogens with two attached hydrogens (primary N) is 1. The highest BCUT2D eigenvalue weighted by Crippen LogP contribution is 2.39. The Hall–Kier alpha value is -0.540. The second-order valence-corrected chi connectivity index (χ2v) is 5.92. The van der Waals surface area contributed by atoms with E-state index in [0.717, 1.165) is 12.8 Å². The maximum absolute atomic E-state index is 6.09. The largest absolute Gasteiger partial charge is 0.365 e. The lowest BCUT2D eigenvalue weighted by Gasteiger charge is -2.39. The first-order valence-corrected chi connectivity index (χ1v) is 6.83. The molecule has 2 fully saturated rings. The van der Waals surface area contributed by atoms with Gasteiger partial charge in [-0.05, 0) is 43.9 Å². The molecule has 2 bridgehead atoms. The maximum Gasteiger partial charge on any atom is 0.0382 e. The molecule has 2 heterocycles. The lowest BCUT2D eigenvalue weighted by atomic mass is 9.97. The molecule has 2 nitrogen and oxygen atoms in total. The van der Waals surface area contributed by atoms with E-state index >= 15 is 0 Å². The minimum atomic E-state index is 0.418. The Bertz CT molecular complexity index is 379. The highest BCUT2D eigenvalue weighted by atomic mass is 79.9. The molecule has 86 valence electrons. The van der Waals surface area contributed by atoms with Crippen molar-refractivity contribution in [2.24, 2.45) is 5.73 Å². The van der Waals surface area contributed by atoms with Crippen LogP contribution in [0.25, 0.3) is 0 Å². The molecule has 2 N–H and O–H groups in total. The molecule has 0 saturated carbocycles. The van der Waals surface area contributed by atoms with Crippen LogP contribution in [0.4, 0.5) is 5.69 Å². The van der Waals surface area contributed by atoms with E-state index in [1.165, 1.54) is 23.0 Å². The van der Waals surface area contributed by atoms with Gasteiger partial charge in [-0.25, -0.2) is 0 Å². The van der Waals surface area contributed by atoms with Crippen LogP contribution in [-0.2, 0) is 0 Å². The van der Waals surface area contributed by atoms with Gasteiger partial charge in [0.15, 0.2) is 0 Å². The molecule has 0 spiro atoms. The molecule has 0 radical (unpaired) electrons. The SMILES string of the molecule is NC1CC2CCC(C1)N2c1cccc(Br)c1. The molecule has 2 aliphatic rings.